The van der Waals surface area contributed by atoms with E-state index >= 15 is 0 Å². The van der Waals surface area contributed by atoms with Crippen molar-refractivity contribution in [3.8, 4) is 0 Å². The smallest absolute Gasteiger partial charge is 0.137 e. The SMILES string of the molecule is C=C(c1ccccc1)C(Cn1cncn1)c1ccc(Cl)cc1Cl. The van der Waals surface area contributed by atoms with Crippen molar-refractivity contribution in [3.63, 3.8) is 0 Å². The third kappa shape index (κ3) is 3.63. The van der Waals surface area contributed by atoms with Gasteiger partial charge in [0.15, 0.2) is 0 Å². The molecule has 1 unspecified atom stereocenters. The van der Waals surface area contributed by atoms with Crippen LogP contribution in [0.5, 0.6) is 0 Å². The van der Waals surface area contributed by atoms with Crippen LogP contribution in [0.4, 0.5) is 0 Å². The summed E-state index contributed by atoms with van der Waals surface area (Å²) in [7, 11) is 0. The summed E-state index contributed by atoms with van der Waals surface area (Å²) in [5.41, 5.74) is 3.02. The minimum atomic E-state index is -0.0242. The molecule has 0 bridgehead atoms. The number of benzene rings is 2. The normalized spacial score (nSPS) is 12.1. The van der Waals surface area contributed by atoms with E-state index in [4.69, 9.17) is 23.2 Å². The van der Waals surface area contributed by atoms with Gasteiger partial charge in [0.05, 0.1) is 6.54 Å². The maximum atomic E-state index is 6.43. The van der Waals surface area contributed by atoms with Crippen LogP contribution in [0.1, 0.15) is 17.0 Å². The Bertz CT molecular complexity index is 798. The first-order valence-electron chi connectivity index (χ1n) is 7.16. The van der Waals surface area contributed by atoms with Gasteiger partial charge in [-0.2, -0.15) is 5.10 Å². The molecule has 1 atom stereocenters. The van der Waals surface area contributed by atoms with Crippen molar-refractivity contribution in [3.05, 3.63) is 88.9 Å². The van der Waals surface area contributed by atoms with Crippen LogP contribution in [0.3, 0.4) is 0 Å². The molecule has 0 aliphatic rings. The summed E-state index contributed by atoms with van der Waals surface area (Å²) in [6.07, 6.45) is 3.21. The largest absolute Gasteiger partial charge is 0.252 e. The number of halogens is 2. The molecule has 0 aliphatic carbocycles. The minimum absolute atomic E-state index is 0.0242. The van der Waals surface area contributed by atoms with Crippen molar-refractivity contribution in [2.24, 2.45) is 0 Å². The Morgan fingerprint density at radius 3 is 2.57 bits per heavy atom. The van der Waals surface area contributed by atoms with E-state index in [2.05, 4.69) is 16.7 Å². The van der Waals surface area contributed by atoms with Crippen molar-refractivity contribution < 1.29 is 0 Å². The molecule has 0 radical (unpaired) electrons. The minimum Gasteiger partial charge on any atom is -0.252 e. The number of aromatic nitrogens is 3. The van der Waals surface area contributed by atoms with Crippen LogP contribution in [0, 0.1) is 0 Å². The van der Waals surface area contributed by atoms with Crippen molar-refractivity contribution in [2.75, 3.05) is 0 Å². The van der Waals surface area contributed by atoms with E-state index in [1.807, 2.05) is 42.5 Å². The third-order valence-corrected chi connectivity index (χ3v) is 4.30. The van der Waals surface area contributed by atoms with Crippen molar-refractivity contribution in [1.82, 2.24) is 14.8 Å². The molecule has 0 saturated carbocycles. The average Bonchev–Trinajstić information content (AvgIpc) is 3.07. The Kier molecular flexibility index (Phi) is 4.79. The van der Waals surface area contributed by atoms with Crippen LogP contribution < -0.4 is 0 Å². The number of hydrogen-bond acceptors (Lipinski definition) is 2. The topological polar surface area (TPSA) is 30.7 Å². The Hall–Kier alpha value is -2.10. The van der Waals surface area contributed by atoms with Gasteiger partial charge < -0.3 is 0 Å². The number of nitrogens with zero attached hydrogens (tertiary/aromatic N) is 3. The lowest BCUT2D eigenvalue weighted by Gasteiger charge is -2.21. The Morgan fingerprint density at radius 1 is 1.13 bits per heavy atom. The summed E-state index contributed by atoms with van der Waals surface area (Å²) in [6, 6.07) is 15.6. The number of hydrogen-bond donors (Lipinski definition) is 0. The Morgan fingerprint density at radius 2 is 1.91 bits per heavy atom. The van der Waals surface area contributed by atoms with Gasteiger partial charge in [-0.1, -0.05) is 66.2 Å². The molecule has 0 saturated heterocycles. The number of allylic oxidation sites excluding steroid dienone is 1. The van der Waals surface area contributed by atoms with Crippen LogP contribution in [-0.4, -0.2) is 14.8 Å². The molecule has 2 aromatic carbocycles. The summed E-state index contributed by atoms with van der Waals surface area (Å²) in [4.78, 5) is 4.01. The van der Waals surface area contributed by atoms with Gasteiger partial charge in [-0.05, 0) is 28.8 Å². The van der Waals surface area contributed by atoms with Gasteiger partial charge >= 0.3 is 0 Å². The zero-order valence-electron chi connectivity index (χ0n) is 12.4. The lowest BCUT2D eigenvalue weighted by atomic mass is 9.87. The first-order valence-corrected chi connectivity index (χ1v) is 7.92. The molecule has 0 aliphatic heterocycles. The summed E-state index contributed by atoms with van der Waals surface area (Å²) in [5.74, 6) is -0.0242. The molecule has 0 spiro atoms. The van der Waals surface area contributed by atoms with E-state index in [1.165, 1.54) is 6.33 Å². The van der Waals surface area contributed by atoms with Gasteiger partial charge in [-0.15, -0.1) is 0 Å². The predicted molar refractivity (Wildman–Crippen MR) is 94.7 cm³/mol. The summed E-state index contributed by atoms with van der Waals surface area (Å²) < 4.78 is 1.78. The highest BCUT2D eigenvalue weighted by Gasteiger charge is 2.20. The third-order valence-electron chi connectivity index (χ3n) is 3.74. The molecule has 3 rings (SSSR count). The fourth-order valence-corrected chi connectivity index (χ4v) is 3.09. The molecule has 3 nitrogen and oxygen atoms in total. The number of rotatable bonds is 5. The second-order valence-corrected chi connectivity index (χ2v) is 6.07. The molecular weight excluding hydrogens is 329 g/mol. The van der Waals surface area contributed by atoms with Crippen molar-refractivity contribution in [1.29, 1.82) is 0 Å². The van der Waals surface area contributed by atoms with Crippen LogP contribution in [0.15, 0.2) is 67.8 Å². The van der Waals surface area contributed by atoms with Gasteiger partial charge in [0, 0.05) is 16.0 Å². The highest BCUT2D eigenvalue weighted by molar-refractivity contribution is 6.35. The molecule has 116 valence electrons. The van der Waals surface area contributed by atoms with E-state index in [-0.39, 0.29) is 5.92 Å². The lowest BCUT2D eigenvalue weighted by Crippen LogP contribution is -2.12. The quantitative estimate of drug-likeness (QED) is 0.646. The summed E-state index contributed by atoms with van der Waals surface area (Å²) in [5, 5.41) is 5.44. The monoisotopic (exact) mass is 343 g/mol. The zero-order chi connectivity index (χ0) is 16.2. The summed E-state index contributed by atoms with van der Waals surface area (Å²) in [6.45, 7) is 4.90. The standard InChI is InChI=1S/C18H15Cl2N3/c1-13(14-5-3-2-4-6-14)17(10-23-12-21-11-22-23)16-8-7-15(19)9-18(16)20/h2-9,11-12,17H,1,10H2. The molecule has 1 heterocycles. The molecule has 23 heavy (non-hydrogen) atoms. The van der Waals surface area contributed by atoms with Crippen LogP contribution in [0.25, 0.3) is 5.57 Å². The van der Waals surface area contributed by atoms with Crippen LogP contribution in [0.2, 0.25) is 10.0 Å². The first kappa shape index (κ1) is 15.8. The van der Waals surface area contributed by atoms with Gasteiger partial charge in [0.1, 0.15) is 12.7 Å². The van der Waals surface area contributed by atoms with E-state index in [0.29, 0.717) is 16.6 Å². The first-order chi connectivity index (χ1) is 11.1. The molecule has 3 aromatic rings. The summed E-state index contributed by atoms with van der Waals surface area (Å²) >= 11 is 12.5. The highest BCUT2D eigenvalue weighted by atomic mass is 35.5. The molecule has 0 amide bonds. The van der Waals surface area contributed by atoms with E-state index in [9.17, 15) is 0 Å². The van der Waals surface area contributed by atoms with E-state index in [0.717, 1.165) is 16.7 Å². The molecule has 5 heteroatoms. The van der Waals surface area contributed by atoms with Gasteiger partial charge in [0.25, 0.3) is 0 Å². The molecule has 0 N–H and O–H groups in total. The van der Waals surface area contributed by atoms with Crippen molar-refractivity contribution in [2.45, 2.75) is 12.5 Å². The van der Waals surface area contributed by atoms with Crippen LogP contribution >= 0.6 is 23.2 Å². The van der Waals surface area contributed by atoms with E-state index < -0.39 is 0 Å². The average molecular weight is 344 g/mol. The molecule has 0 fully saturated rings. The fraction of sp³-hybridized carbons (Fsp3) is 0.111. The second-order valence-electron chi connectivity index (χ2n) is 5.23. The Balaban J connectivity index is 2.01. The van der Waals surface area contributed by atoms with Gasteiger partial charge in [-0.25, -0.2) is 4.98 Å². The zero-order valence-corrected chi connectivity index (χ0v) is 13.9. The Labute approximate surface area is 145 Å². The maximum Gasteiger partial charge on any atom is 0.137 e. The highest BCUT2D eigenvalue weighted by Crippen LogP contribution is 2.36. The van der Waals surface area contributed by atoms with E-state index in [1.54, 1.807) is 17.1 Å². The molecule has 1 aromatic heterocycles. The van der Waals surface area contributed by atoms with Crippen LogP contribution in [-0.2, 0) is 6.54 Å². The van der Waals surface area contributed by atoms with Crippen molar-refractivity contribution >= 4 is 28.8 Å². The predicted octanol–water partition coefficient (Wildman–Crippen LogP) is 5.08. The van der Waals surface area contributed by atoms with Gasteiger partial charge in [-0.3, -0.25) is 4.68 Å². The second kappa shape index (κ2) is 6.99. The van der Waals surface area contributed by atoms with Gasteiger partial charge in [0.2, 0.25) is 0 Å². The maximum absolute atomic E-state index is 6.43. The lowest BCUT2D eigenvalue weighted by molar-refractivity contribution is 0.579. The molecular formula is C18H15Cl2N3. The fourth-order valence-electron chi connectivity index (χ4n) is 2.55.